The molecule has 3 rings (SSSR count). The number of carbonyl (C=O) groups is 1. The number of nitrogens with zero attached hydrogens (tertiary/aromatic N) is 3. The highest BCUT2D eigenvalue weighted by atomic mass is 32.1. The highest BCUT2D eigenvalue weighted by Gasteiger charge is 2.09. The molecule has 0 saturated carbocycles. The fourth-order valence-corrected chi connectivity index (χ4v) is 2.08. The number of carbonyl (C=O) groups excluding carboxylic acids is 1. The third kappa shape index (κ3) is 2.50. The van der Waals surface area contributed by atoms with E-state index in [-0.39, 0.29) is 5.91 Å². The van der Waals surface area contributed by atoms with Gasteiger partial charge in [0.05, 0.1) is 5.69 Å². The molecule has 0 unspecified atom stereocenters. The van der Waals surface area contributed by atoms with Crippen LogP contribution < -0.4 is 5.32 Å². The van der Waals surface area contributed by atoms with E-state index in [1.807, 2.05) is 30.3 Å². The zero-order valence-corrected chi connectivity index (χ0v) is 10.5. The largest absolute Gasteiger partial charge is 0.321 e. The third-order valence-electron chi connectivity index (χ3n) is 2.52. The van der Waals surface area contributed by atoms with Crippen LogP contribution in [0.25, 0.3) is 11.3 Å². The lowest BCUT2D eigenvalue weighted by Crippen LogP contribution is -2.12. The monoisotopic (exact) mass is 271 g/mol. The number of aromatic nitrogens is 4. The molecule has 1 amide bonds. The average Bonchev–Trinajstić information content (AvgIpc) is 3.13. The number of aromatic amines is 1. The Labute approximate surface area is 112 Å². The van der Waals surface area contributed by atoms with Crippen LogP contribution in [0.1, 0.15) is 10.5 Å². The van der Waals surface area contributed by atoms with Crippen LogP contribution in [-0.2, 0) is 0 Å². The summed E-state index contributed by atoms with van der Waals surface area (Å²) < 4.78 is 3.66. The van der Waals surface area contributed by atoms with Crippen LogP contribution in [-0.4, -0.2) is 25.7 Å². The molecule has 0 aliphatic carbocycles. The molecule has 0 saturated heterocycles. The van der Waals surface area contributed by atoms with Crippen molar-refractivity contribution in [1.82, 2.24) is 19.8 Å². The quantitative estimate of drug-likeness (QED) is 0.764. The van der Waals surface area contributed by atoms with Crippen molar-refractivity contribution < 1.29 is 4.79 Å². The van der Waals surface area contributed by atoms with Crippen LogP contribution in [0.2, 0.25) is 0 Å². The van der Waals surface area contributed by atoms with E-state index in [9.17, 15) is 4.79 Å². The zero-order chi connectivity index (χ0) is 13.1. The Morgan fingerprint density at radius 3 is 3.00 bits per heavy atom. The first kappa shape index (κ1) is 11.5. The lowest BCUT2D eigenvalue weighted by molar-refractivity contribution is 0.102. The Morgan fingerprint density at radius 2 is 2.26 bits per heavy atom. The smallest absolute Gasteiger partial charge is 0.277 e. The molecule has 0 spiro atoms. The normalized spacial score (nSPS) is 10.3. The number of hydrogen-bond acceptors (Lipinski definition) is 5. The van der Waals surface area contributed by atoms with Gasteiger partial charge in [0, 0.05) is 22.8 Å². The van der Waals surface area contributed by atoms with Gasteiger partial charge in [-0.15, -0.1) is 5.10 Å². The van der Waals surface area contributed by atoms with E-state index >= 15 is 0 Å². The Kier molecular flexibility index (Phi) is 3.03. The molecule has 3 aromatic rings. The number of nitrogens with one attached hydrogen (secondary N) is 2. The van der Waals surface area contributed by atoms with E-state index in [1.165, 1.54) is 0 Å². The second-order valence-corrected chi connectivity index (χ2v) is 4.41. The summed E-state index contributed by atoms with van der Waals surface area (Å²) >= 11 is 1.14. The van der Waals surface area contributed by atoms with Gasteiger partial charge < -0.3 is 5.32 Å². The molecule has 0 atom stereocenters. The minimum absolute atomic E-state index is 0.268. The summed E-state index contributed by atoms with van der Waals surface area (Å²) in [7, 11) is 0. The second kappa shape index (κ2) is 4.99. The maximum Gasteiger partial charge on any atom is 0.277 e. The molecule has 6 nitrogen and oxygen atoms in total. The van der Waals surface area contributed by atoms with Gasteiger partial charge in [0.2, 0.25) is 0 Å². The first-order valence-corrected chi connectivity index (χ1v) is 6.35. The molecule has 2 heterocycles. The standard InChI is InChI=1S/C12H9N5OS/c18-12(11-7-19-17-16-11)14-9-3-1-2-8(6-9)10-4-5-13-15-10/h1-7H,(H,13,15)(H,14,18). The van der Waals surface area contributed by atoms with E-state index in [2.05, 4.69) is 25.1 Å². The Hall–Kier alpha value is -2.54. The Balaban J connectivity index is 1.82. The molecule has 0 bridgehead atoms. The van der Waals surface area contributed by atoms with Gasteiger partial charge in [0.25, 0.3) is 5.91 Å². The summed E-state index contributed by atoms with van der Waals surface area (Å²) in [4.78, 5) is 11.8. The van der Waals surface area contributed by atoms with Crippen molar-refractivity contribution in [2.24, 2.45) is 0 Å². The summed E-state index contributed by atoms with van der Waals surface area (Å²) in [6.07, 6.45) is 1.68. The molecule has 0 aliphatic heterocycles. The van der Waals surface area contributed by atoms with E-state index in [0.29, 0.717) is 11.4 Å². The van der Waals surface area contributed by atoms with Crippen molar-refractivity contribution in [3.05, 3.63) is 47.6 Å². The highest BCUT2D eigenvalue weighted by Crippen LogP contribution is 2.20. The highest BCUT2D eigenvalue weighted by molar-refractivity contribution is 7.03. The summed E-state index contributed by atoms with van der Waals surface area (Å²) in [5, 5.41) is 14.9. The predicted octanol–water partition coefficient (Wildman–Crippen LogP) is 2.18. The maximum atomic E-state index is 11.8. The number of hydrogen-bond donors (Lipinski definition) is 2. The number of rotatable bonds is 3. The summed E-state index contributed by atoms with van der Waals surface area (Å²) in [5.41, 5.74) is 2.86. The predicted molar refractivity (Wildman–Crippen MR) is 71.9 cm³/mol. The van der Waals surface area contributed by atoms with Gasteiger partial charge in [-0.1, -0.05) is 16.6 Å². The zero-order valence-electron chi connectivity index (χ0n) is 9.70. The van der Waals surface area contributed by atoms with Crippen molar-refractivity contribution in [3.8, 4) is 11.3 Å². The lowest BCUT2D eigenvalue weighted by Gasteiger charge is -2.04. The van der Waals surface area contributed by atoms with Gasteiger partial charge in [-0.05, 0) is 29.7 Å². The molecule has 1 aromatic carbocycles. The second-order valence-electron chi connectivity index (χ2n) is 3.80. The van der Waals surface area contributed by atoms with Gasteiger partial charge in [0.15, 0.2) is 5.69 Å². The molecule has 0 fully saturated rings. The molecule has 2 N–H and O–H groups in total. The fourth-order valence-electron chi connectivity index (χ4n) is 1.64. The van der Waals surface area contributed by atoms with Crippen LogP contribution in [0.5, 0.6) is 0 Å². The SMILES string of the molecule is O=C(Nc1cccc(-c2ccn[nH]2)c1)c1csnn1. The number of anilines is 1. The van der Waals surface area contributed by atoms with Gasteiger partial charge >= 0.3 is 0 Å². The number of benzene rings is 1. The first-order valence-electron chi connectivity index (χ1n) is 5.51. The first-order chi connectivity index (χ1) is 9.33. The van der Waals surface area contributed by atoms with E-state index in [0.717, 1.165) is 22.8 Å². The lowest BCUT2D eigenvalue weighted by atomic mass is 10.1. The topological polar surface area (TPSA) is 83.6 Å². The Morgan fingerprint density at radius 1 is 1.32 bits per heavy atom. The number of amides is 1. The minimum Gasteiger partial charge on any atom is -0.321 e. The summed E-state index contributed by atoms with van der Waals surface area (Å²) in [5.74, 6) is -0.268. The maximum absolute atomic E-state index is 11.8. The molecule has 7 heteroatoms. The van der Waals surface area contributed by atoms with Crippen LogP contribution in [0.3, 0.4) is 0 Å². The Bertz CT molecular complexity index is 678. The molecule has 2 aromatic heterocycles. The van der Waals surface area contributed by atoms with Crippen LogP contribution >= 0.6 is 11.5 Å². The number of H-pyrrole nitrogens is 1. The third-order valence-corrected chi connectivity index (χ3v) is 3.03. The molecular formula is C12H9N5OS. The van der Waals surface area contributed by atoms with Crippen molar-refractivity contribution in [1.29, 1.82) is 0 Å². The summed E-state index contributed by atoms with van der Waals surface area (Å²) in [6, 6.07) is 9.35. The van der Waals surface area contributed by atoms with Crippen molar-refractivity contribution in [2.45, 2.75) is 0 Å². The van der Waals surface area contributed by atoms with E-state index < -0.39 is 0 Å². The van der Waals surface area contributed by atoms with Crippen LogP contribution in [0, 0.1) is 0 Å². The van der Waals surface area contributed by atoms with Crippen LogP contribution in [0.4, 0.5) is 5.69 Å². The van der Waals surface area contributed by atoms with E-state index in [4.69, 9.17) is 0 Å². The van der Waals surface area contributed by atoms with Crippen molar-refractivity contribution in [3.63, 3.8) is 0 Å². The average molecular weight is 271 g/mol. The van der Waals surface area contributed by atoms with Gasteiger partial charge in [0.1, 0.15) is 0 Å². The minimum atomic E-state index is -0.268. The molecule has 94 valence electrons. The van der Waals surface area contributed by atoms with Gasteiger partial charge in [-0.2, -0.15) is 5.10 Å². The molecule has 0 aliphatic rings. The molecule has 0 radical (unpaired) electrons. The fraction of sp³-hybridized carbons (Fsp3) is 0. The van der Waals surface area contributed by atoms with Crippen molar-refractivity contribution >= 4 is 23.1 Å². The van der Waals surface area contributed by atoms with Crippen LogP contribution in [0.15, 0.2) is 41.9 Å². The van der Waals surface area contributed by atoms with Crippen molar-refractivity contribution in [2.75, 3.05) is 5.32 Å². The molecular weight excluding hydrogens is 262 g/mol. The van der Waals surface area contributed by atoms with E-state index in [1.54, 1.807) is 11.6 Å². The summed E-state index contributed by atoms with van der Waals surface area (Å²) in [6.45, 7) is 0. The van der Waals surface area contributed by atoms with Gasteiger partial charge in [-0.3, -0.25) is 9.89 Å². The molecule has 19 heavy (non-hydrogen) atoms. The van der Waals surface area contributed by atoms with Gasteiger partial charge in [-0.25, -0.2) is 0 Å².